The van der Waals surface area contributed by atoms with E-state index in [1.165, 1.54) is 6.20 Å². The second-order valence-corrected chi connectivity index (χ2v) is 7.69. The summed E-state index contributed by atoms with van der Waals surface area (Å²) in [6.45, 7) is 2.66. The van der Waals surface area contributed by atoms with Crippen LogP contribution >= 0.6 is 0 Å². The lowest BCUT2D eigenvalue weighted by molar-refractivity contribution is 0.0926. The molecule has 164 valence electrons. The number of aryl methyl sites for hydroxylation is 1. The summed E-state index contributed by atoms with van der Waals surface area (Å²) in [6, 6.07) is 12.4. The van der Waals surface area contributed by atoms with Gasteiger partial charge in [0.05, 0.1) is 35.0 Å². The van der Waals surface area contributed by atoms with Crippen molar-refractivity contribution in [3.8, 4) is 22.9 Å². The zero-order chi connectivity index (χ0) is 22.7. The Kier molecular flexibility index (Phi) is 4.13. The number of rotatable bonds is 3. The van der Waals surface area contributed by atoms with Gasteiger partial charge in [-0.2, -0.15) is 5.10 Å². The molecule has 4 aromatic rings. The SMILES string of the molecule is COc1ccccc1-n1nc(C)c2c3c(cnc21)C(=O)N(c1ccc2c(c1)OCCO2)C3=O. The number of benzene rings is 2. The van der Waals surface area contributed by atoms with Crippen molar-refractivity contribution in [3.05, 3.63) is 65.5 Å². The highest BCUT2D eigenvalue weighted by Crippen LogP contribution is 2.39. The Bertz CT molecular complexity index is 1480. The molecule has 9 nitrogen and oxygen atoms in total. The number of carbonyl (C=O) groups excluding carboxylic acids is 2. The smallest absolute Gasteiger partial charge is 0.267 e. The molecule has 2 amide bonds. The Morgan fingerprint density at radius 2 is 1.79 bits per heavy atom. The highest BCUT2D eigenvalue weighted by Gasteiger charge is 2.40. The topological polar surface area (TPSA) is 95.8 Å². The van der Waals surface area contributed by atoms with Crippen LogP contribution < -0.4 is 19.1 Å². The van der Waals surface area contributed by atoms with Crippen molar-refractivity contribution in [3.63, 3.8) is 0 Å². The van der Waals surface area contributed by atoms with Crippen LogP contribution in [0.4, 0.5) is 5.69 Å². The van der Waals surface area contributed by atoms with Crippen molar-refractivity contribution < 1.29 is 23.8 Å². The van der Waals surface area contributed by atoms with Crippen LogP contribution in [0.15, 0.2) is 48.7 Å². The summed E-state index contributed by atoms with van der Waals surface area (Å²) in [5, 5.41) is 5.16. The van der Waals surface area contributed by atoms with E-state index in [4.69, 9.17) is 14.2 Å². The number of fused-ring (bicyclic) bond motifs is 4. The van der Waals surface area contributed by atoms with E-state index >= 15 is 0 Å². The normalized spacial score (nSPS) is 14.7. The summed E-state index contributed by atoms with van der Waals surface area (Å²) in [7, 11) is 1.58. The van der Waals surface area contributed by atoms with E-state index < -0.39 is 11.8 Å². The third kappa shape index (κ3) is 2.72. The molecule has 0 unspecified atom stereocenters. The number of ether oxygens (including phenoxy) is 3. The van der Waals surface area contributed by atoms with Gasteiger partial charge in [0.2, 0.25) is 0 Å². The van der Waals surface area contributed by atoms with Gasteiger partial charge in [0.15, 0.2) is 17.1 Å². The molecule has 2 aromatic heterocycles. The molecule has 6 rings (SSSR count). The average molecular weight is 442 g/mol. The fourth-order valence-corrected chi connectivity index (χ4v) is 4.34. The van der Waals surface area contributed by atoms with Crippen LogP contribution in [0.3, 0.4) is 0 Å². The molecule has 4 heterocycles. The van der Waals surface area contributed by atoms with E-state index in [1.54, 1.807) is 36.9 Å². The Morgan fingerprint density at radius 1 is 1.00 bits per heavy atom. The van der Waals surface area contributed by atoms with E-state index in [9.17, 15) is 9.59 Å². The molecule has 0 aliphatic carbocycles. The Morgan fingerprint density at radius 3 is 2.61 bits per heavy atom. The van der Waals surface area contributed by atoms with Crippen LogP contribution in [0.25, 0.3) is 16.7 Å². The first-order chi connectivity index (χ1) is 16.1. The molecule has 0 spiro atoms. The maximum atomic E-state index is 13.6. The standard InChI is InChI=1S/C24H18N4O5/c1-13-20-21-15(12-25-22(20)28(26-13)16-5-3-4-6-17(16)31-2)23(29)27(24(21)30)14-7-8-18-19(11-14)33-10-9-32-18/h3-8,11-12H,9-10H2,1-2H3. The third-order valence-corrected chi connectivity index (χ3v) is 5.82. The van der Waals surface area contributed by atoms with Gasteiger partial charge in [-0.1, -0.05) is 12.1 Å². The minimum absolute atomic E-state index is 0.241. The van der Waals surface area contributed by atoms with Crippen molar-refractivity contribution >= 4 is 28.5 Å². The molecule has 2 aromatic carbocycles. The highest BCUT2D eigenvalue weighted by atomic mass is 16.6. The van der Waals surface area contributed by atoms with Crippen molar-refractivity contribution in [2.24, 2.45) is 0 Å². The number of nitrogens with zero attached hydrogens (tertiary/aromatic N) is 4. The molecule has 0 fully saturated rings. The lowest BCUT2D eigenvalue weighted by atomic mass is 10.1. The molecular formula is C24H18N4O5. The molecule has 0 bridgehead atoms. The zero-order valence-electron chi connectivity index (χ0n) is 17.9. The maximum Gasteiger partial charge on any atom is 0.267 e. The van der Waals surface area contributed by atoms with Crippen molar-refractivity contribution in [2.75, 3.05) is 25.2 Å². The lowest BCUT2D eigenvalue weighted by Crippen LogP contribution is -2.29. The molecule has 0 radical (unpaired) electrons. The minimum atomic E-state index is -0.439. The average Bonchev–Trinajstić information content (AvgIpc) is 3.32. The summed E-state index contributed by atoms with van der Waals surface area (Å²) in [4.78, 5) is 32.5. The number of imide groups is 1. The summed E-state index contributed by atoms with van der Waals surface area (Å²) in [5.41, 5.74) is 2.69. The van der Waals surface area contributed by atoms with E-state index in [1.807, 2.05) is 24.3 Å². The van der Waals surface area contributed by atoms with Crippen LogP contribution in [-0.2, 0) is 0 Å². The highest BCUT2D eigenvalue weighted by molar-refractivity contribution is 6.37. The van der Waals surface area contributed by atoms with Gasteiger partial charge in [-0.15, -0.1) is 0 Å². The number of amides is 2. The fraction of sp³-hybridized carbons (Fsp3) is 0.167. The van der Waals surface area contributed by atoms with E-state index in [0.717, 1.165) is 4.90 Å². The van der Waals surface area contributed by atoms with Crippen LogP contribution in [0.2, 0.25) is 0 Å². The molecular weight excluding hydrogens is 424 g/mol. The van der Waals surface area contributed by atoms with Gasteiger partial charge in [0, 0.05) is 12.3 Å². The first-order valence-electron chi connectivity index (χ1n) is 10.4. The van der Waals surface area contributed by atoms with Crippen LogP contribution in [0, 0.1) is 6.92 Å². The van der Waals surface area contributed by atoms with Crippen molar-refractivity contribution in [1.29, 1.82) is 0 Å². The Balaban J connectivity index is 1.51. The monoisotopic (exact) mass is 442 g/mol. The molecule has 33 heavy (non-hydrogen) atoms. The molecule has 2 aliphatic heterocycles. The number of hydrogen-bond donors (Lipinski definition) is 0. The van der Waals surface area contributed by atoms with Crippen molar-refractivity contribution in [1.82, 2.24) is 14.8 Å². The van der Waals surface area contributed by atoms with E-state index in [-0.39, 0.29) is 5.56 Å². The van der Waals surface area contributed by atoms with Gasteiger partial charge in [0.1, 0.15) is 24.7 Å². The third-order valence-electron chi connectivity index (χ3n) is 5.82. The van der Waals surface area contributed by atoms with Crippen molar-refractivity contribution in [2.45, 2.75) is 6.92 Å². The predicted octanol–water partition coefficient (Wildman–Crippen LogP) is 3.31. The number of para-hydroxylation sites is 2. The molecule has 9 heteroatoms. The molecule has 2 aliphatic rings. The molecule has 0 N–H and O–H groups in total. The van der Waals surface area contributed by atoms with E-state index in [2.05, 4.69) is 10.1 Å². The van der Waals surface area contributed by atoms with Gasteiger partial charge >= 0.3 is 0 Å². The van der Waals surface area contributed by atoms with Gasteiger partial charge < -0.3 is 14.2 Å². The largest absolute Gasteiger partial charge is 0.494 e. The van der Waals surface area contributed by atoms with Crippen LogP contribution in [-0.4, -0.2) is 46.9 Å². The quantitative estimate of drug-likeness (QED) is 0.449. The van der Waals surface area contributed by atoms with Gasteiger partial charge in [-0.25, -0.2) is 14.6 Å². The van der Waals surface area contributed by atoms with Crippen LogP contribution in [0.1, 0.15) is 26.4 Å². The lowest BCUT2D eigenvalue weighted by Gasteiger charge is -2.21. The van der Waals surface area contributed by atoms with Crippen LogP contribution in [0.5, 0.6) is 17.2 Å². The first-order valence-corrected chi connectivity index (χ1v) is 10.4. The maximum absolute atomic E-state index is 13.6. The molecule has 0 saturated carbocycles. The summed E-state index contributed by atoms with van der Waals surface area (Å²) >= 11 is 0. The second kappa shape index (κ2) is 7.06. The molecule has 0 saturated heterocycles. The number of methoxy groups -OCH3 is 1. The number of hydrogen-bond acceptors (Lipinski definition) is 7. The summed E-state index contributed by atoms with van der Waals surface area (Å²) < 4.78 is 18.3. The Labute approximate surface area is 188 Å². The van der Waals surface area contributed by atoms with Gasteiger partial charge in [0.25, 0.3) is 11.8 Å². The second-order valence-electron chi connectivity index (χ2n) is 7.69. The zero-order valence-corrected chi connectivity index (χ0v) is 17.9. The number of anilines is 1. The number of aromatic nitrogens is 3. The minimum Gasteiger partial charge on any atom is -0.494 e. The summed E-state index contributed by atoms with van der Waals surface area (Å²) in [6.07, 6.45) is 1.43. The van der Waals surface area contributed by atoms with E-state index in [0.29, 0.717) is 64.1 Å². The van der Waals surface area contributed by atoms with Gasteiger partial charge in [-0.3, -0.25) is 9.59 Å². The predicted molar refractivity (Wildman–Crippen MR) is 119 cm³/mol. The number of carbonyl (C=O) groups is 2. The molecule has 0 atom stereocenters. The summed E-state index contributed by atoms with van der Waals surface area (Å²) in [5.74, 6) is 0.829. The van der Waals surface area contributed by atoms with Gasteiger partial charge in [-0.05, 0) is 31.2 Å². The number of pyridine rings is 1. The first kappa shape index (κ1) is 19.3. The fourth-order valence-electron chi connectivity index (χ4n) is 4.34. The Hall–Kier alpha value is -4.40.